The van der Waals surface area contributed by atoms with E-state index in [1.807, 2.05) is 6.92 Å². The normalized spacial score (nSPS) is 10.8. The van der Waals surface area contributed by atoms with E-state index in [-0.39, 0.29) is 71.3 Å². The van der Waals surface area contributed by atoms with Gasteiger partial charge in [-0.1, -0.05) is 0 Å². The van der Waals surface area contributed by atoms with Gasteiger partial charge in [-0.2, -0.15) is 0 Å². The first-order chi connectivity index (χ1) is 5.16. The van der Waals surface area contributed by atoms with Crippen molar-refractivity contribution in [2.24, 2.45) is 4.99 Å². The van der Waals surface area contributed by atoms with Crippen molar-refractivity contribution in [2.45, 2.75) is 25.8 Å². The summed E-state index contributed by atoms with van der Waals surface area (Å²) in [7, 11) is 4.12. The van der Waals surface area contributed by atoms with Crippen molar-refractivity contribution in [3.63, 3.8) is 0 Å². The van der Waals surface area contributed by atoms with E-state index in [0.717, 1.165) is 19.4 Å². The monoisotopic (exact) mass is 231 g/mol. The maximum absolute atomic E-state index is 6.63. The number of nitrogens with one attached hydrogen (secondary N) is 1. The van der Waals surface area contributed by atoms with E-state index in [0.29, 0.717) is 0 Å². The maximum Gasteiger partial charge on any atom is 1.00 e. The van der Waals surface area contributed by atoms with Gasteiger partial charge in [0.2, 0.25) is 0 Å². The first-order valence-electron chi connectivity index (χ1n) is 3.93. The number of nitrogens with zero attached hydrogens (tertiary/aromatic N) is 2. The Labute approximate surface area is 131 Å². The Hall–Kier alpha value is 1.27. The van der Waals surface area contributed by atoms with E-state index in [1.54, 1.807) is 0 Å². The molecule has 0 saturated heterocycles. The molecule has 1 N–H and O–H groups in total. The Morgan fingerprint density at radius 2 is 2.08 bits per heavy atom. The SMILES string of the molecule is CC(CCCN(C)C)N=C=N.Cl.[H-].[K+]. The number of halogens is 1. The van der Waals surface area contributed by atoms with E-state index < -0.39 is 0 Å². The fraction of sp³-hybridized carbons (Fsp3) is 0.875. The molecule has 74 valence electrons. The average Bonchev–Trinajstić information content (AvgIpc) is 1.87. The summed E-state index contributed by atoms with van der Waals surface area (Å²) < 4.78 is 0. The molecule has 1 unspecified atom stereocenters. The molecule has 0 amide bonds. The summed E-state index contributed by atoms with van der Waals surface area (Å²) in [5, 5.41) is 6.63. The van der Waals surface area contributed by atoms with Gasteiger partial charge < -0.3 is 6.33 Å². The van der Waals surface area contributed by atoms with Gasteiger partial charge in [0, 0.05) is 0 Å². The van der Waals surface area contributed by atoms with Crippen LogP contribution in [-0.2, 0) is 0 Å². The van der Waals surface area contributed by atoms with Crippen molar-refractivity contribution >= 4 is 18.4 Å². The zero-order valence-corrected chi connectivity index (χ0v) is 12.9. The van der Waals surface area contributed by atoms with Crippen LogP contribution in [0, 0.1) is 5.41 Å². The second-order valence-corrected chi connectivity index (χ2v) is 3.04. The topological polar surface area (TPSA) is 39.5 Å². The predicted octanol–water partition coefficient (Wildman–Crippen LogP) is -0.992. The van der Waals surface area contributed by atoms with E-state index in [2.05, 4.69) is 30.0 Å². The average molecular weight is 232 g/mol. The van der Waals surface area contributed by atoms with Crippen LogP contribution in [-0.4, -0.2) is 37.6 Å². The number of hydrogen-bond acceptors (Lipinski definition) is 3. The fourth-order valence-electron chi connectivity index (χ4n) is 0.878. The number of hydrogen-bond donors (Lipinski definition) is 1. The predicted molar refractivity (Wildman–Crippen MR) is 55.8 cm³/mol. The smallest absolute Gasteiger partial charge is 1.00 e. The molecular formula is C8H19ClKN3. The third kappa shape index (κ3) is 16.0. The van der Waals surface area contributed by atoms with Gasteiger partial charge >= 0.3 is 51.4 Å². The Balaban J connectivity index is -0.000000167. The Bertz CT molecular complexity index is 152. The van der Waals surface area contributed by atoms with Gasteiger partial charge in [-0.25, -0.2) is 10.4 Å². The molecule has 0 saturated carbocycles. The third-order valence-electron chi connectivity index (χ3n) is 1.51. The number of rotatable bonds is 5. The molecule has 0 aromatic heterocycles. The van der Waals surface area contributed by atoms with Crippen molar-refractivity contribution in [3.8, 4) is 0 Å². The van der Waals surface area contributed by atoms with Gasteiger partial charge in [-0.3, -0.25) is 0 Å². The van der Waals surface area contributed by atoms with Crippen molar-refractivity contribution in [3.05, 3.63) is 0 Å². The van der Waals surface area contributed by atoms with Gasteiger partial charge in [0.1, 0.15) is 0 Å². The summed E-state index contributed by atoms with van der Waals surface area (Å²) >= 11 is 0. The Morgan fingerprint density at radius 3 is 2.46 bits per heavy atom. The summed E-state index contributed by atoms with van der Waals surface area (Å²) in [6.07, 6.45) is 2.18. The van der Waals surface area contributed by atoms with Crippen LogP contribution < -0.4 is 51.4 Å². The molecule has 13 heavy (non-hydrogen) atoms. The summed E-state index contributed by atoms with van der Waals surface area (Å²) in [5.74, 6) is 0. The molecular weight excluding hydrogens is 213 g/mol. The van der Waals surface area contributed by atoms with Crippen LogP contribution in [0.15, 0.2) is 4.99 Å². The second kappa shape index (κ2) is 13.3. The summed E-state index contributed by atoms with van der Waals surface area (Å²) in [5.41, 5.74) is 0. The van der Waals surface area contributed by atoms with Crippen LogP contribution >= 0.6 is 12.4 Å². The minimum absolute atomic E-state index is 0. The van der Waals surface area contributed by atoms with Gasteiger partial charge in [0.15, 0.2) is 0 Å². The van der Waals surface area contributed by atoms with Crippen LogP contribution in [0.4, 0.5) is 0 Å². The second-order valence-electron chi connectivity index (χ2n) is 3.04. The van der Waals surface area contributed by atoms with Crippen molar-refractivity contribution in [1.29, 1.82) is 5.41 Å². The first-order valence-corrected chi connectivity index (χ1v) is 3.93. The Morgan fingerprint density at radius 1 is 1.54 bits per heavy atom. The van der Waals surface area contributed by atoms with Gasteiger partial charge in [-0.05, 0) is 40.4 Å². The molecule has 0 aromatic rings. The van der Waals surface area contributed by atoms with E-state index in [9.17, 15) is 0 Å². The van der Waals surface area contributed by atoms with Crippen molar-refractivity contribution in [2.75, 3.05) is 20.6 Å². The number of aliphatic imine (C=N–C) groups is 1. The minimum Gasteiger partial charge on any atom is -1.00 e. The summed E-state index contributed by atoms with van der Waals surface area (Å²) in [6.45, 7) is 3.11. The molecule has 0 aliphatic rings. The summed E-state index contributed by atoms with van der Waals surface area (Å²) in [4.78, 5) is 5.97. The Kier molecular flexibility index (Phi) is 20.2. The molecule has 0 fully saturated rings. The molecule has 0 rings (SSSR count). The molecule has 3 nitrogen and oxygen atoms in total. The zero-order chi connectivity index (χ0) is 8.69. The molecule has 5 heteroatoms. The molecule has 0 spiro atoms. The molecule has 0 heterocycles. The third-order valence-corrected chi connectivity index (χ3v) is 1.51. The van der Waals surface area contributed by atoms with Crippen molar-refractivity contribution < 1.29 is 52.8 Å². The molecule has 0 aliphatic heterocycles. The molecule has 0 aromatic carbocycles. The van der Waals surface area contributed by atoms with E-state index >= 15 is 0 Å². The standard InChI is InChI=1S/C8H17N3.ClH.K.H/c1-8(10-7-9)5-4-6-11(2)3;;;/h8-9H,4-6H2,1-3H3;1H;;/q;;+1;-1. The molecule has 1 atom stereocenters. The van der Waals surface area contributed by atoms with Crippen LogP contribution in [0.3, 0.4) is 0 Å². The largest absolute Gasteiger partial charge is 1.00 e. The maximum atomic E-state index is 6.63. The zero-order valence-electron chi connectivity index (χ0n) is 10.0. The molecule has 0 radical (unpaired) electrons. The van der Waals surface area contributed by atoms with Crippen molar-refractivity contribution in [1.82, 2.24) is 4.90 Å². The van der Waals surface area contributed by atoms with Crippen LogP contribution in [0.1, 0.15) is 21.2 Å². The van der Waals surface area contributed by atoms with Gasteiger partial charge in [-0.15, -0.1) is 12.4 Å². The fourth-order valence-corrected chi connectivity index (χ4v) is 0.878. The first kappa shape index (κ1) is 19.8. The van der Waals surface area contributed by atoms with Crippen LogP contribution in [0.25, 0.3) is 0 Å². The van der Waals surface area contributed by atoms with Crippen LogP contribution in [0.5, 0.6) is 0 Å². The van der Waals surface area contributed by atoms with E-state index in [1.165, 1.54) is 0 Å². The molecule has 0 aliphatic carbocycles. The minimum atomic E-state index is 0. The van der Waals surface area contributed by atoms with Gasteiger partial charge in [0.25, 0.3) is 0 Å². The molecule has 0 bridgehead atoms. The quantitative estimate of drug-likeness (QED) is 0.479. The van der Waals surface area contributed by atoms with Crippen LogP contribution in [0.2, 0.25) is 0 Å². The summed E-state index contributed by atoms with van der Waals surface area (Å²) in [6, 6.07) is 2.32. The van der Waals surface area contributed by atoms with Gasteiger partial charge in [0.05, 0.1) is 12.1 Å². The van der Waals surface area contributed by atoms with E-state index in [4.69, 9.17) is 5.41 Å².